The van der Waals surface area contributed by atoms with Crippen molar-refractivity contribution in [1.82, 2.24) is 9.55 Å². The predicted octanol–water partition coefficient (Wildman–Crippen LogP) is 5.00. The van der Waals surface area contributed by atoms with E-state index >= 15 is 0 Å². The zero-order chi connectivity index (χ0) is 15.0. The average molecular weight is 299 g/mol. The van der Waals surface area contributed by atoms with Crippen LogP contribution < -0.4 is 0 Å². The van der Waals surface area contributed by atoms with Gasteiger partial charge in [-0.05, 0) is 38.0 Å². The van der Waals surface area contributed by atoms with Crippen LogP contribution in [0, 0.1) is 13.8 Å². The van der Waals surface area contributed by atoms with Crippen molar-refractivity contribution in [1.29, 1.82) is 0 Å². The number of aryl methyl sites for hydroxylation is 2. The number of imidazole rings is 1. The maximum absolute atomic E-state index is 6.34. The standard InChI is InChI=1S/C18H19ClN2/c1-12-7-9-15(10-8-12)11-21-16-6-4-5-13(2)17(16)20-18(21)14(3)19/h4-10,14H,11H2,1-3H3. The largest absolute Gasteiger partial charge is 0.322 e. The fourth-order valence-corrected chi connectivity index (χ4v) is 2.82. The summed E-state index contributed by atoms with van der Waals surface area (Å²) in [4.78, 5) is 4.76. The Morgan fingerprint density at radius 2 is 1.81 bits per heavy atom. The van der Waals surface area contributed by atoms with Gasteiger partial charge in [-0.2, -0.15) is 0 Å². The molecule has 3 rings (SSSR count). The lowest BCUT2D eigenvalue weighted by Crippen LogP contribution is -2.05. The molecule has 2 aromatic carbocycles. The molecule has 1 heterocycles. The molecule has 2 nitrogen and oxygen atoms in total. The van der Waals surface area contributed by atoms with Gasteiger partial charge in [0.25, 0.3) is 0 Å². The van der Waals surface area contributed by atoms with E-state index in [2.05, 4.69) is 60.9 Å². The highest BCUT2D eigenvalue weighted by molar-refractivity contribution is 6.20. The molecule has 0 aliphatic rings. The van der Waals surface area contributed by atoms with Crippen molar-refractivity contribution in [3.05, 3.63) is 65.0 Å². The Kier molecular flexibility index (Phi) is 3.73. The van der Waals surface area contributed by atoms with E-state index in [1.165, 1.54) is 16.7 Å². The lowest BCUT2D eigenvalue weighted by molar-refractivity contribution is 0.742. The number of aromatic nitrogens is 2. The molecular weight excluding hydrogens is 280 g/mol. The summed E-state index contributed by atoms with van der Waals surface area (Å²) >= 11 is 6.34. The van der Waals surface area contributed by atoms with Gasteiger partial charge in [0, 0.05) is 6.54 Å². The van der Waals surface area contributed by atoms with E-state index in [0.717, 1.165) is 23.4 Å². The fraction of sp³-hybridized carbons (Fsp3) is 0.278. The molecule has 1 unspecified atom stereocenters. The lowest BCUT2D eigenvalue weighted by atomic mass is 10.1. The quantitative estimate of drug-likeness (QED) is 0.622. The van der Waals surface area contributed by atoms with Gasteiger partial charge in [-0.25, -0.2) is 4.98 Å². The topological polar surface area (TPSA) is 17.8 Å². The van der Waals surface area contributed by atoms with E-state index in [-0.39, 0.29) is 5.38 Å². The Morgan fingerprint density at radius 3 is 2.48 bits per heavy atom. The third kappa shape index (κ3) is 2.68. The van der Waals surface area contributed by atoms with Crippen LogP contribution in [0.4, 0.5) is 0 Å². The fourth-order valence-electron chi connectivity index (χ4n) is 2.65. The minimum atomic E-state index is -0.109. The summed E-state index contributed by atoms with van der Waals surface area (Å²) in [7, 11) is 0. The second kappa shape index (κ2) is 5.53. The van der Waals surface area contributed by atoms with Crippen molar-refractivity contribution >= 4 is 22.6 Å². The molecule has 0 spiro atoms. The van der Waals surface area contributed by atoms with E-state index in [1.807, 2.05) is 6.92 Å². The van der Waals surface area contributed by atoms with Crippen molar-refractivity contribution in [2.24, 2.45) is 0 Å². The summed E-state index contributed by atoms with van der Waals surface area (Å²) < 4.78 is 2.23. The minimum absolute atomic E-state index is 0.109. The summed E-state index contributed by atoms with van der Waals surface area (Å²) in [5.41, 5.74) is 5.93. The second-order valence-corrected chi connectivity index (χ2v) is 6.26. The molecule has 3 heteroatoms. The van der Waals surface area contributed by atoms with Gasteiger partial charge in [0.05, 0.1) is 16.4 Å². The molecule has 0 N–H and O–H groups in total. The Balaban J connectivity index is 2.13. The van der Waals surface area contributed by atoms with Crippen LogP contribution in [0.5, 0.6) is 0 Å². The third-order valence-electron chi connectivity index (χ3n) is 3.83. The number of fused-ring (bicyclic) bond motifs is 1. The summed E-state index contributed by atoms with van der Waals surface area (Å²) in [5, 5.41) is -0.109. The number of alkyl halides is 1. The van der Waals surface area contributed by atoms with Gasteiger partial charge in [0.15, 0.2) is 0 Å². The zero-order valence-electron chi connectivity index (χ0n) is 12.6. The van der Waals surface area contributed by atoms with Gasteiger partial charge in [0.1, 0.15) is 5.82 Å². The first-order valence-corrected chi connectivity index (χ1v) is 7.65. The maximum atomic E-state index is 6.34. The van der Waals surface area contributed by atoms with Gasteiger partial charge in [0.2, 0.25) is 0 Å². The van der Waals surface area contributed by atoms with Crippen molar-refractivity contribution in [2.75, 3.05) is 0 Å². The van der Waals surface area contributed by atoms with Crippen LogP contribution in [0.25, 0.3) is 11.0 Å². The van der Waals surface area contributed by atoms with Gasteiger partial charge >= 0.3 is 0 Å². The molecule has 0 fully saturated rings. The van der Waals surface area contributed by atoms with Crippen molar-refractivity contribution in [2.45, 2.75) is 32.7 Å². The van der Waals surface area contributed by atoms with E-state index in [1.54, 1.807) is 0 Å². The molecule has 0 saturated heterocycles. The molecule has 0 saturated carbocycles. The number of halogens is 1. The van der Waals surface area contributed by atoms with Crippen LogP contribution in [0.2, 0.25) is 0 Å². The van der Waals surface area contributed by atoms with E-state index in [9.17, 15) is 0 Å². The molecule has 0 aliphatic heterocycles. The van der Waals surface area contributed by atoms with Crippen LogP contribution >= 0.6 is 11.6 Å². The molecular formula is C18H19ClN2. The normalized spacial score (nSPS) is 12.8. The highest BCUT2D eigenvalue weighted by Gasteiger charge is 2.16. The monoisotopic (exact) mass is 298 g/mol. The van der Waals surface area contributed by atoms with Gasteiger partial charge < -0.3 is 4.57 Å². The van der Waals surface area contributed by atoms with E-state index in [0.29, 0.717) is 0 Å². The highest BCUT2D eigenvalue weighted by atomic mass is 35.5. The average Bonchev–Trinajstić information content (AvgIpc) is 2.82. The summed E-state index contributed by atoms with van der Waals surface area (Å²) in [5.74, 6) is 0.932. The highest BCUT2D eigenvalue weighted by Crippen LogP contribution is 2.27. The van der Waals surface area contributed by atoms with Crippen LogP contribution in [0.3, 0.4) is 0 Å². The first kappa shape index (κ1) is 14.2. The molecule has 0 amide bonds. The number of nitrogens with zero attached hydrogens (tertiary/aromatic N) is 2. The van der Waals surface area contributed by atoms with Crippen molar-refractivity contribution in [3.63, 3.8) is 0 Å². The lowest BCUT2D eigenvalue weighted by Gasteiger charge is -2.11. The third-order valence-corrected chi connectivity index (χ3v) is 4.02. The Labute approximate surface area is 130 Å². The number of rotatable bonds is 3. The molecule has 1 aromatic heterocycles. The first-order chi connectivity index (χ1) is 10.1. The zero-order valence-corrected chi connectivity index (χ0v) is 13.4. The molecule has 0 aliphatic carbocycles. The van der Waals surface area contributed by atoms with Crippen LogP contribution in [-0.4, -0.2) is 9.55 Å². The number of hydrogen-bond donors (Lipinski definition) is 0. The molecule has 0 bridgehead atoms. The smallest absolute Gasteiger partial charge is 0.128 e. The van der Waals surface area contributed by atoms with Crippen LogP contribution in [0.1, 0.15) is 34.8 Å². The Morgan fingerprint density at radius 1 is 1.10 bits per heavy atom. The van der Waals surface area contributed by atoms with Crippen molar-refractivity contribution < 1.29 is 0 Å². The summed E-state index contributed by atoms with van der Waals surface area (Å²) in [6, 6.07) is 14.9. The molecule has 108 valence electrons. The van der Waals surface area contributed by atoms with Gasteiger partial charge in [-0.3, -0.25) is 0 Å². The minimum Gasteiger partial charge on any atom is -0.322 e. The first-order valence-electron chi connectivity index (χ1n) is 7.21. The molecule has 3 aromatic rings. The SMILES string of the molecule is Cc1ccc(Cn2c(C(C)Cl)nc3c(C)cccc32)cc1. The number of para-hydroxylation sites is 1. The summed E-state index contributed by atoms with van der Waals surface area (Å²) in [6.07, 6.45) is 0. The van der Waals surface area contributed by atoms with E-state index in [4.69, 9.17) is 16.6 Å². The Bertz CT molecular complexity index is 770. The maximum Gasteiger partial charge on any atom is 0.128 e. The molecule has 1 atom stereocenters. The number of hydrogen-bond acceptors (Lipinski definition) is 1. The summed E-state index contributed by atoms with van der Waals surface area (Å²) in [6.45, 7) is 6.97. The molecule has 21 heavy (non-hydrogen) atoms. The van der Waals surface area contributed by atoms with Gasteiger partial charge in [-0.15, -0.1) is 11.6 Å². The van der Waals surface area contributed by atoms with Crippen LogP contribution in [-0.2, 0) is 6.54 Å². The van der Waals surface area contributed by atoms with Gasteiger partial charge in [-0.1, -0.05) is 42.0 Å². The second-order valence-electron chi connectivity index (χ2n) is 5.60. The van der Waals surface area contributed by atoms with E-state index < -0.39 is 0 Å². The molecule has 0 radical (unpaired) electrons. The van der Waals surface area contributed by atoms with Crippen LogP contribution in [0.15, 0.2) is 42.5 Å². The number of benzene rings is 2. The predicted molar refractivity (Wildman–Crippen MR) is 89.0 cm³/mol. The Hall–Kier alpha value is -1.80. The van der Waals surface area contributed by atoms with Crippen molar-refractivity contribution in [3.8, 4) is 0 Å².